The van der Waals surface area contributed by atoms with Gasteiger partial charge >= 0.3 is 0 Å². The van der Waals surface area contributed by atoms with E-state index in [9.17, 15) is 4.79 Å². The van der Waals surface area contributed by atoms with Gasteiger partial charge in [-0.2, -0.15) is 0 Å². The highest BCUT2D eigenvalue weighted by molar-refractivity contribution is 5.61. The van der Waals surface area contributed by atoms with Crippen molar-refractivity contribution in [1.82, 2.24) is 4.98 Å². The lowest BCUT2D eigenvalue weighted by molar-refractivity contribution is 1.24. The van der Waals surface area contributed by atoms with Crippen molar-refractivity contribution in [2.75, 3.05) is 5.73 Å². The smallest absolute Gasteiger partial charge is 0.271 e. The minimum Gasteiger partial charge on any atom is -0.394 e. The maximum Gasteiger partial charge on any atom is 0.271 e. The van der Waals surface area contributed by atoms with Crippen molar-refractivity contribution in [2.24, 2.45) is 0 Å². The molecule has 1 aromatic carbocycles. The van der Waals surface area contributed by atoms with Crippen LogP contribution < -0.4 is 11.3 Å². The first-order valence-corrected chi connectivity index (χ1v) is 4.72. The fourth-order valence-electron chi connectivity index (χ4n) is 1.47. The van der Waals surface area contributed by atoms with Gasteiger partial charge in [0, 0.05) is 5.69 Å². The Morgan fingerprint density at radius 1 is 1.20 bits per heavy atom. The number of nitrogens with one attached hydrogen (secondary N) is 1. The molecule has 0 aliphatic carbocycles. The third kappa shape index (κ3) is 1.91. The van der Waals surface area contributed by atoms with Crippen molar-refractivity contribution in [3.05, 3.63) is 52.3 Å². The molecule has 2 rings (SSSR count). The molecule has 0 spiro atoms. The van der Waals surface area contributed by atoms with Crippen LogP contribution in [0.15, 0.2) is 41.2 Å². The molecule has 0 bridgehead atoms. The predicted octanol–water partition coefficient (Wildman–Crippen LogP) is 1.93. The molecule has 3 N–H and O–H groups in total. The largest absolute Gasteiger partial charge is 0.394 e. The number of aromatic nitrogens is 1. The van der Waals surface area contributed by atoms with E-state index in [2.05, 4.69) is 4.98 Å². The summed E-state index contributed by atoms with van der Waals surface area (Å²) in [6, 6.07) is 11.4. The first-order valence-electron chi connectivity index (χ1n) is 4.72. The van der Waals surface area contributed by atoms with Crippen molar-refractivity contribution in [2.45, 2.75) is 6.92 Å². The highest BCUT2D eigenvalue weighted by atomic mass is 16.1. The molecule has 0 saturated heterocycles. The number of rotatable bonds is 1. The molecule has 15 heavy (non-hydrogen) atoms. The number of anilines is 1. The lowest BCUT2D eigenvalue weighted by atomic mass is 10.1. The van der Waals surface area contributed by atoms with Gasteiger partial charge in [-0.25, -0.2) is 0 Å². The number of aromatic amines is 1. The molecule has 0 atom stereocenters. The molecule has 0 fully saturated rings. The normalized spacial score (nSPS) is 10.2. The van der Waals surface area contributed by atoms with Gasteiger partial charge in [-0.05, 0) is 30.7 Å². The lowest BCUT2D eigenvalue weighted by Gasteiger charge is -2.02. The molecule has 0 aliphatic rings. The van der Waals surface area contributed by atoms with Crippen molar-refractivity contribution >= 4 is 5.69 Å². The number of aryl methyl sites for hydroxylation is 1. The van der Waals surface area contributed by atoms with Gasteiger partial charge < -0.3 is 10.7 Å². The Morgan fingerprint density at radius 3 is 2.67 bits per heavy atom. The first-order chi connectivity index (χ1) is 7.16. The number of nitrogens with two attached hydrogens (primary N) is 1. The molecule has 2 aromatic rings. The molecule has 0 saturated carbocycles. The van der Waals surface area contributed by atoms with Crippen LogP contribution in [0.25, 0.3) is 11.3 Å². The topological polar surface area (TPSA) is 58.9 Å². The third-order valence-corrected chi connectivity index (χ3v) is 2.27. The summed E-state index contributed by atoms with van der Waals surface area (Å²) in [6.07, 6.45) is 0. The minimum absolute atomic E-state index is 0.242. The van der Waals surface area contributed by atoms with Crippen LogP contribution in [0.2, 0.25) is 0 Å². The molecule has 0 unspecified atom stereocenters. The standard InChI is InChI=1S/C12H12N2O/c1-8-3-2-4-9(7-8)11-6-5-10(13)12(15)14-11/h2-7H,13H2,1H3,(H,14,15). The molecular weight excluding hydrogens is 188 g/mol. The van der Waals surface area contributed by atoms with Crippen LogP contribution in [0.3, 0.4) is 0 Å². The molecular formula is C12H12N2O. The number of pyridine rings is 1. The monoisotopic (exact) mass is 200 g/mol. The summed E-state index contributed by atoms with van der Waals surface area (Å²) in [4.78, 5) is 14.1. The summed E-state index contributed by atoms with van der Waals surface area (Å²) >= 11 is 0. The Balaban J connectivity index is 2.55. The van der Waals surface area contributed by atoms with Crippen LogP contribution in [0.4, 0.5) is 5.69 Å². The Kier molecular flexibility index (Phi) is 2.29. The first kappa shape index (κ1) is 9.52. The van der Waals surface area contributed by atoms with E-state index in [1.807, 2.05) is 37.3 Å². The summed E-state index contributed by atoms with van der Waals surface area (Å²) in [5.74, 6) is 0. The van der Waals surface area contributed by atoms with Gasteiger partial charge in [0.1, 0.15) is 0 Å². The fourth-order valence-corrected chi connectivity index (χ4v) is 1.47. The number of nitrogen functional groups attached to an aromatic ring is 1. The average Bonchev–Trinajstić information content (AvgIpc) is 2.22. The maximum absolute atomic E-state index is 11.3. The van der Waals surface area contributed by atoms with Crippen LogP contribution in [-0.2, 0) is 0 Å². The molecule has 3 heteroatoms. The predicted molar refractivity (Wildman–Crippen MR) is 61.6 cm³/mol. The van der Waals surface area contributed by atoms with Crippen molar-refractivity contribution in [3.8, 4) is 11.3 Å². The average molecular weight is 200 g/mol. The van der Waals surface area contributed by atoms with E-state index in [4.69, 9.17) is 5.73 Å². The Labute approximate surface area is 87.6 Å². The molecule has 0 aliphatic heterocycles. The number of benzene rings is 1. The second-order valence-electron chi connectivity index (χ2n) is 3.53. The highest BCUT2D eigenvalue weighted by Gasteiger charge is 2.00. The summed E-state index contributed by atoms with van der Waals surface area (Å²) in [7, 11) is 0. The maximum atomic E-state index is 11.3. The van der Waals surface area contributed by atoms with Crippen LogP contribution in [-0.4, -0.2) is 4.98 Å². The van der Waals surface area contributed by atoms with Crippen LogP contribution in [0.5, 0.6) is 0 Å². The lowest BCUT2D eigenvalue weighted by Crippen LogP contribution is -2.11. The Morgan fingerprint density at radius 2 is 2.00 bits per heavy atom. The molecule has 1 heterocycles. The van der Waals surface area contributed by atoms with Gasteiger partial charge in [-0.15, -0.1) is 0 Å². The van der Waals surface area contributed by atoms with E-state index in [1.165, 1.54) is 0 Å². The van der Waals surface area contributed by atoms with Crippen LogP contribution in [0, 0.1) is 6.92 Å². The molecule has 0 radical (unpaired) electrons. The van der Waals surface area contributed by atoms with Crippen molar-refractivity contribution in [1.29, 1.82) is 0 Å². The second-order valence-corrected chi connectivity index (χ2v) is 3.53. The third-order valence-electron chi connectivity index (χ3n) is 2.27. The van der Waals surface area contributed by atoms with E-state index in [0.29, 0.717) is 0 Å². The second kappa shape index (κ2) is 3.61. The number of H-pyrrole nitrogens is 1. The van der Waals surface area contributed by atoms with Crippen molar-refractivity contribution in [3.63, 3.8) is 0 Å². The van der Waals surface area contributed by atoms with Gasteiger partial charge in [0.15, 0.2) is 0 Å². The van der Waals surface area contributed by atoms with Crippen LogP contribution in [0.1, 0.15) is 5.56 Å². The number of hydrogen-bond donors (Lipinski definition) is 2. The van der Waals surface area contributed by atoms with Gasteiger partial charge in [-0.3, -0.25) is 4.79 Å². The quantitative estimate of drug-likeness (QED) is 0.739. The SMILES string of the molecule is Cc1cccc(-c2ccc(N)c(=O)[nH]2)c1. The highest BCUT2D eigenvalue weighted by Crippen LogP contribution is 2.16. The zero-order valence-electron chi connectivity index (χ0n) is 8.45. The van der Waals surface area contributed by atoms with Crippen molar-refractivity contribution < 1.29 is 0 Å². The van der Waals surface area contributed by atoms with E-state index in [1.54, 1.807) is 6.07 Å². The van der Waals surface area contributed by atoms with E-state index >= 15 is 0 Å². The van der Waals surface area contributed by atoms with Crippen LogP contribution >= 0.6 is 0 Å². The summed E-state index contributed by atoms with van der Waals surface area (Å²) in [6.45, 7) is 2.01. The van der Waals surface area contributed by atoms with Gasteiger partial charge in [0.25, 0.3) is 5.56 Å². The Bertz CT molecular complexity index is 543. The fraction of sp³-hybridized carbons (Fsp3) is 0.0833. The van der Waals surface area contributed by atoms with Gasteiger partial charge in [0.2, 0.25) is 0 Å². The molecule has 3 nitrogen and oxygen atoms in total. The van der Waals surface area contributed by atoms with E-state index in [0.717, 1.165) is 16.8 Å². The Hall–Kier alpha value is -2.03. The molecule has 0 amide bonds. The zero-order chi connectivity index (χ0) is 10.8. The van der Waals surface area contributed by atoms with Gasteiger partial charge in [0.05, 0.1) is 5.69 Å². The summed E-state index contributed by atoms with van der Waals surface area (Å²) in [5, 5.41) is 0. The molecule has 1 aromatic heterocycles. The summed E-state index contributed by atoms with van der Waals surface area (Å²) < 4.78 is 0. The van der Waals surface area contributed by atoms with E-state index < -0.39 is 0 Å². The molecule has 76 valence electrons. The number of hydrogen-bond acceptors (Lipinski definition) is 2. The summed E-state index contributed by atoms with van der Waals surface area (Å²) in [5.41, 5.74) is 8.39. The zero-order valence-corrected chi connectivity index (χ0v) is 8.45. The van der Waals surface area contributed by atoms with Gasteiger partial charge in [-0.1, -0.05) is 23.8 Å². The van der Waals surface area contributed by atoms with E-state index in [-0.39, 0.29) is 11.2 Å². The minimum atomic E-state index is -0.242.